The number of carbonyl (C=O) groups is 2. The Kier molecular flexibility index (Phi) is 4.96. The minimum absolute atomic E-state index is 0.00626. The van der Waals surface area contributed by atoms with Gasteiger partial charge in [0.2, 0.25) is 0 Å². The highest BCUT2D eigenvalue weighted by Crippen LogP contribution is 2.45. The fraction of sp³-hybridized carbons (Fsp3) is 0.556. The fourth-order valence-electron chi connectivity index (χ4n) is 3.16. The Morgan fingerprint density at radius 3 is 2.52 bits per heavy atom. The Bertz CT molecular complexity index is 713. The number of nitrogens with zero attached hydrogens (tertiary/aromatic N) is 2. The summed E-state index contributed by atoms with van der Waals surface area (Å²) < 4.78 is 6.25. The highest BCUT2D eigenvalue weighted by atomic mass is 127. The van der Waals surface area contributed by atoms with Gasteiger partial charge in [-0.15, -0.1) is 0 Å². The first kappa shape index (κ1) is 18.8. The number of rotatable bonds is 1. The summed E-state index contributed by atoms with van der Waals surface area (Å²) in [5, 5.41) is 0.587. The summed E-state index contributed by atoms with van der Waals surface area (Å²) in [4.78, 5) is 29.1. The zero-order valence-electron chi connectivity index (χ0n) is 14.6. The molecule has 1 saturated carbocycles. The third kappa shape index (κ3) is 3.89. The van der Waals surface area contributed by atoms with Crippen molar-refractivity contribution in [1.29, 1.82) is 0 Å². The van der Waals surface area contributed by atoms with Crippen LogP contribution in [0.1, 0.15) is 44.0 Å². The third-order valence-corrected chi connectivity index (χ3v) is 6.35. The molecule has 2 aliphatic rings. The molecule has 2 fully saturated rings. The van der Waals surface area contributed by atoms with Crippen molar-refractivity contribution in [3.8, 4) is 0 Å². The maximum Gasteiger partial charge on any atom is 0.410 e. The van der Waals surface area contributed by atoms with Crippen molar-refractivity contribution in [1.82, 2.24) is 9.80 Å². The lowest BCUT2D eigenvalue weighted by Gasteiger charge is -2.42. The monoisotopic (exact) mass is 476 g/mol. The Balaban J connectivity index is 1.75. The van der Waals surface area contributed by atoms with E-state index in [1.54, 1.807) is 17.0 Å². The molecule has 0 N–H and O–H groups in total. The molecule has 2 amide bonds. The third-order valence-electron chi connectivity index (χ3n) is 4.56. The SMILES string of the molecule is CC(C)(C)OC(=O)N1CCN(C(=O)c2cccc(Cl)c2I)C2(CC2)C1. The second-order valence-corrected chi connectivity index (χ2v) is 9.17. The molecule has 1 saturated heterocycles. The van der Waals surface area contributed by atoms with E-state index in [0.717, 1.165) is 16.4 Å². The van der Waals surface area contributed by atoms with E-state index in [1.807, 2.05) is 31.7 Å². The van der Waals surface area contributed by atoms with Crippen molar-refractivity contribution in [3.05, 3.63) is 32.4 Å². The molecule has 1 aromatic rings. The number of hydrogen-bond acceptors (Lipinski definition) is 3. The summed E-state index contributed by atoms with van der Waals surface area (Å²) in [5.41, 5.74) is -0.139. The molecule has 3 rings (SSSR count). The summed E-state index contributed by atoms with van der Waals surface area (Å²) >= 11 is 8.28. The van der Waals surface area contributed by atoms with Crippen LogP contribution in [0.15, 0.2) is 18.2 Å². The number of amides is 2. The van der Waals surface area contributed by atoms with Crippen molar-refractivity contribution < 1.29 is 14.3 Å². The average Bonchev–Trinajstić information content (AvgIpc) is 3.27. The topological polar surface area (TPSA) is 49.9 Å². The predicted octanol–water partition coefficient (Wildman–Crippen LogP) is 4.17. The van der Waals surface area contributed by atoms with Gasteiger partial charge >= 0.3 is 6.09 Å². The normalized spacial score (nSPS) is 19.1. The molecule has 0 atom stereocenters. The summed E-state index contributed by atoms with van der Waals surface area (Å²) in [6, 6.07) is 5.40. The van der Waals surface area contributed by atoms with Crippen LogP contribution in [0.25, 0.3) is 0 Å². The Labute approximate surface area is 166 Å². The number of piperazine rings is 1. The van der Waals surface area contributed by atoms with E-state index in [-0.39, 0.29) is 17.5 Å². The van der Waals surface area contributed by atoms with Crippen molar-refractivity contribution in [2.24, 2.45) is 0 Å². The molecular formula is C18H22ClIN2O3. The molecule has 1 aromatic carbocycles. The fourth-order valence-corrected chi connectivity index (χ4v) is 3.93. The number of halogens is 2. The lowest BCUT2D eigenvalue weighted by Crippen LogP contribution is -2.58. The van der Waals surface area contributed by atoms with Crippen LogP contribution in [0.4, 0.5) is 4.79 Å². The lowest BCUT2D eigenvalue weighted by atomic mass is 10.1. The van der Waals surface area contributed by atoms with Gasteiger partial charge in [0.05, 0.1) is 16.1 Å². The van der Waals surface area contributed by atoms with E-state index in [1.165, 1.54) is 0 Å². The molecule has 1 spiro atoms. The van der Waals surface area contributed by atoms with E-state index in [9.17, 15) is 9.59 Å². The zero-order valence-corrected chi connectivity index (χ0v) is 17.6. The lowest BCUT2D eigenvalue weighted by molar-refractivity contribution is 0.000611. The van der Waals surface area contributed by atoms with Crippen LogP contribution in [-0.2, 0) is 4.74 Å². The van der Waals surface area contributed by atoms with Gasteiger partial charge in [-0.1, -0.05) is 17.7 Å². The Morgan fingerprint density at radius 1 is 1.24 bits per heavy atom. The Morgan fingerprint density at radius 2 is 1.92 bits per heavy atom. The van der Waals surface area contributed by atoms with Crippen LogP contribution in [0.3, 0.4) is 0 Å². The Hall–Kier alpha value is -1.02. The quantitative estimate of drug-likeness (QED) is 0.572. The van der Waals surface area contributed by atoms with Gasteiger partial charge in [0.1, 0.15) is 5.60 Å². The molecule has 0 bridgehead atoms. The molecule has 7 heteroatoms. The van der Waals surface area contributed by atoms with Gasteiger partial charge in [0.25, 0.3) is 5.91 Å². The van der Waals surface area contributed by atoms with Crippen molar-refractivity contribution in [2.75, 3.05) is 19.6 Å². The van der Waals surface area contributed by atoms with Gasteiger partial charge in [-0.3, -0.25) is 4.79 Å². The molecule has 0 radical (unpaired) electrons. The second kappa shape index (κ2) is 6.61. The van der Waals surface area contributed by atoms with Crippen LogP contribution in [-0.4, -0.2) is 52.6 Å². The minimum Gasteiger partial charge on any atom is -0.444 e. The molecule has 136 valence electrons. The van der Waals surface area contributed by atoms with Gasteiger partial charge in [-0.25, -0.2) is 4.79 Å². The van der Waals surface area contributed by atoms with Crippen LogP contribution < -0.4 is 0 Å². The first-order chi connectivity index (χ1) is 11.6. The van der Waals surface area contributed by atoms with E-state index < -0.39 is 5.60 Å². The van der Waals surface area contributed by atoms with E-state index in [2.05, 4.69) is 22.6 Å². The molecule has 1 aliphatic heterocycles. The number of benzene rings is 1. The van der Waals surface area contributed by atoms with Gasteiger partial charge in [-0.05, 0) is 68.3 Å². The molecular weight excluding hydrogens is 455 g/mol. The van der Waals surface area contributed by atoms with Crippen molar-refractivity contribution >= 4 is 46.2 Å². The minimum atomic E-state index is -0.516. The molecule has 5 nitrogen and oxygen atoms in total. The van der Waals surface area contributed by atoms with Crippen molar-refractivity contribution in [2.45, 2.75) is 44.8 Å². The van der Waals surface area contributed by atoms with E-state index >= 15 is 0 Å². The molecule has 25 heavy (non-hydrogen) atoms. The van der Waals surface area contributed by atoms with E-state index in [0.29, 0.717) is 30.2 Å². The van der Waals surface area contributed by atoms with Gasteiger partial charge < -0.3 is 14.5 Å². The standard InChI is InChI=1S/C18H22ClIN2O3/c1-17(2,3)25-16(24)21-9-10-22(18(11-21)7-8-18)15(23)12-5-4-6-13(19)14(12)20/h4-6H,7-11H2,1-3H3. The summed E-state index contributed by atoms with van der Waals surface area (Å²) in [5.74, 6) is -0.00626. The largest absolute Gasteiger partial charge is 0.444 e. The van der Waals surface area contributed by atoms with Gasteiger partial charge in [-0.2, -0.15) is 0 Å². The molecule has 0 aromatic heterocycles. The molecule has 1 heterocycles. The summed E-state index contributed by atoms with van der Waals surface area (Å²) in [7, 11) is 0. The van der Waals surface area contributed by atoms with Gasteiger partial charge in [0.15, 0.2) is 0 Å². The predicted molar refractivity (Wildman–Crippen MR) is 105 cm³/mol. The van der Waals surface area contributed by atoms with Crippen LogP contribution in [0.5, 0.6) is 0 Å². The maximum absolute atomic E-state index is 13.1. The average molecular weight is 477 g/mol. The first-order valence-corrected chi connectivity index (χ1v) is 9.83. The number of hydrogen-bond donors (Lipinski definition) is 0. The summed E-state index contributed by atoms with van der Waals surface area (Å²) in [6.45, 7) is 7.11. The summed E-state index contributed by atoms with van der Waals surface area (Å²) in [6.07, 6.45) is 1.52. The van der Waals surface area contributed by atoms with Crippen molar-refractivity contribution in [3.63, 3.8) is 0 Å². The van der Waals surface area contributed by atoms with Crippen LogP contribution in [0, 0.1) is 3.57 Å². The first-order valence-electron chi connectivity index (χ1n) is 8.37. The highest BCUT2D eigenvalue weighted by Gasteiger charge is 2.54. The number of carbonyl (C=O) groups excluding carboxylic acids is 2. The van der Waals surface area contributed by atoms with Crippen LogP contribution >= 0.6 is 34.2 Å². The van der Waals surface area contributed by atoms with Gasteiger partial charge in [0, 0.05) is 23.2 Å². The zero-order chi connectivity index (χ0) is 18.4. The number of ether oxygens (including phenoxy) is 1. The molecule has 1 aliphatic carbocycles. The molecule has 0 unspecified atom stereocenters. The smallest absolute Gasteiger partial charge is 0.410 e. The second-order valence-electron chi connectivity index (χ2n) is 7.68. The maximum atomic E-state index is 13.1. The van der Waals surface area contributed by atoms with E-state index in [4.69, 9.17) is 16.3 Å². The van der Waals surface area contributed by atoms with Crippen LogP contribution in [0.2, 0.25) is 5.02 Å². The highest BCUT2D eigenvalue weighted by molar-refractivity contribution is 14.1.